The molecule has 1 aliphatic rings. The van der Waals surface area contributed by atoms with Crippen molar-refractivity contribution in [3.63, 3.8) is 0 Å². The van der Waals surface area contributed by atoms with Gasteiger partial charge in [-0.2, -0.15) is 0 Å². The molecule has 1 atom stereocenters. The van der Waals surface area contributed by atoms with Crippen molar-refractivity contribution in [1.82, 2.24) is 5.32 Å². The normalized spacial score (nSPS) is 20.7. The molecule has 0 saturated heterocycles. The highest BCUT2D eigenvalue weighted by molar-refractivity contribution is 6.33. The van der Waals surface area contributed by atoms with Gasteiger partial charge >= 0.3 is 0 Å². The van der Waals surface area contributed by atoms with E-state index in [1.807, 2.05) is 25.2 Å². The number of rotatable bonds is 3. The molecule has 0 heterocycles. The molecule has 1 saturated carbocycles. The summed E-state index contributed by atoms with van der Waals surface area (Å²) in [5, 5.41) is 5.02. The maximum absolute atomic E-state index is 6.35. The summed E-state index contributed by atoms with van der Waals surface area (Å²) in [6, 6.07) is 6.04. The SMILES string of the molecule is CNC(c1cc(Cl)ccc1Cl)C1(C)CCCCC1. The Bertz CT molecular complexity index is 411. The molecule has 1 fully saturated rings. The van der Waals surface area contributed by atoms with Crippen molar-refractivity contribution in [3.05, 3.63) is 33.8 Å². The Hall–Kier alpha value is -0.240. The lowest BCUT2D eigenvalue weighted by Crippen LogP contribution is -2.36. The first-order valence-electron chi connectivity index (χ1n) is 6.69. The quantitative estimate of drug-likeness (QED) is 0.802. The van der Waals surface area contributed by atoms with Gasteiger partial charge in [0.15, 0.2) is 0 Å². The molecule has 2 rings (SSSR count). The summed E-state index contributed by atoms with van der Waals surface area (Å²) in [6.45, 7) is 2.37. The number of halogens is 2. The zero-order valence-electron chi connectivity index (χ0n) is 11.1. The smallest absolute Gasteiger partial charge is 0.0455 e. The molecular weight excluding hydrogens is 265 g/mol. The second kappa shape index (κ2) is 5.81. The van der Waals surface area contributed by atoms with E-state index in [1.54, 1.807) is 0 Å². The molecule has 1 nitrogen and oxygen atoms in total. The minimum absolute atomic E-state index is 0.279. The second-order valence-corrected chi connectivity index (χ2v) is 6.45. The van der Waals surface area contributed by atoms with E-state index < -0.39 is 0 Å². The number of benzene rings is 1. The minimum Gasteiger partial charge on any atom is -0.312 e. The fraction of sp³-hybridized carbons (Fsp3) is 0.600. The van der Waals surface area contributed by atoms with Crippen LogP contribution in [0, 0.1) is 5.41 Å². The standard InChI is InChI=1S/C15H21Cl2N/c1-15(8-4-3-5-9-15)14(18-2)12-10-11(16)6-7-13(12)17/h6-7,10,14,18H,3-5,8-9H2,1-2H3. The predicted molar refractivity (Wildman–Crippen MR) is 79.5 cm³/mol. The Balaban J connectivity index is 2.35. The van der Waals surface area contributed by atoms with Crippen molar-refractivity contribution in [2.75, 3.05) is 7.05 Å². The van der Waals surface area contributed by atoms with E-state index in [1.165, 1.54) is 32.1 Å². The Morgan fingerprint density at radius 3 is 2.44 bits per heavy atom. The van der Waals surface area contributed by atoms with Gasteiger partial charge in [-0.1, -0.05) is 49.4 Å². The van der Waals surface area contributed by atoms with E-state index in [0.717, 1.165) is 15.6 Å². The maximum Gasteiger partial charge on any atom is 0.0455 e. The van der Waals surface area contributed by atoms with Gasteiger partial charge < -0.3 is 5.32 Å². The van der Waals surface area contributed by atoms with Gasteiger partial charge in [0, 0.05) is 16.1 Å². The molecule has 1 unspecified atom stereocenters. The molecule has 0 bridgehead atoms. The van der Waals surface area contributed by atoms with Crippen LogP contribution in [0.3, 0.4) is 0 Å². The van der Waals surface area contributed by atoms with Crippen molar-refractivity contribution >= 4 is 23.2 Å². The van der Waals surface area contributed by atoms with E-state index in [0.29, 0.717) is 0 Å². The summed E-state index contributed by atoms with van der Waals surface area (Å²) in [6.07, 6.45) is 6.48. The van der Waals surface area contributed by atoms with Gasteiger partial charge in [-0.15, -0.1) is 0 Å². The van der Waals surface area contributed by atoms with Gasteiger partial charge in [0.1, 0.15) is 0 Å². The van der Waals surface area contributed by atoms with Crippen LogP contribution in [0.1, 0.15) is 50.6 Å². The molecule has 1 aliphatic carbocycles. The van der Waals surface area contributed by atoms with Crippen LogP contribution in [0.2, 0.25) is 10.0 Å². The molecular formula is C15H21Cl2N. The van der Waals surface area contributed by atoms with Crippen molar-refractivity contribution in [3.8, 4) is 0 Å². The van der Waals surface area contributed by atoms with E-state index in [9.17, 15) is 0 Å². The van der Waals surface area contributed by atoms with Crippen molar-refractivity contribution < 1.29 is 0 Å². The van der Waals surface area contributed by atoms with Crippen LogP contribution in [-0.4, -0.2) is 7.05 Å². The van der Waals surface area contributed by atoms with Gasteiger partial charge in [0.2, 0.25) is 0 Å². The van der Waals surface area contributed by atoms with Gasteiger partial charge in [0.25, 0.3) is 0 Å². The molecule has 100 valence electrons. The van der Waals surface area contributed by atoms with Gasteiger partial charge in [-0.3, -0.25) is 0 Å². The fourth-order valence-electron chi connectivity index (χ4n) is 3.26. The molecule has 0 spiro atoms. The third-order valence-corrected chi connectivity index (χ3v) is 4.83. The van der Waals surface area contributed by atoms with Gasteiger partial charge in [0.05, 0.1) is 0 Å². The average Bonchev–Trinajstić information content (AvgIpc) is 2.35. The Kier molecular flexibility index (Phi) is 4.58. The highest BCUT2D eigenvalue weighted by Gasteiger charge is 2.36. The molecule has 1 aromatic rings. The zero-order chi connectivity index (χ0) is 13.2. The van der Waals surface area contributed by atoms with Gasteiger partial charge in [-0.25, -0.2) is 0 Å². The zero-order valence-corrected chi connectivity index (χ0v) is 12.6. The summed E-state index contributed by atoms with van der Waals surface area (Å²) in [5.74, 6) is 0. The molecule has 1 aromatic carbocycles. The third kappa shape index (κ3) is 2.84. The van der Waals surface area contributed by atoms with Crippen molar-refractivity contribution in [2.24, 2.45) is 5.41 Å². The van der Waals surface area contributed by atoms with E-state index >= 15 is 0 Å². The van der Waals surface area contributed by atoms with E-state index in [4.69, 9.17) is 23.2 Å². The molecule has 1 N–H and O–H groups in total. The molecule has 0 radical (unpaired) electrons. The molecule has 0 aliphatic heterocycles. The average molecular weight is 286 g/mol. The summed E-state index contributed by atoms with van der Waals surface area (Å²) < 4.78 is 0. The van der Waals surface area contributed by atoms with Crippen molar-refractivity contribution in [2.45, 2.75) is 45.1 Å². The first kappa shape index (κ1) is 14.2. The van der Waals surface area contributed by atoms with Crippen molar-refractivity contribution in [1.29, 1.82) is 0 Å². The Morgan fingerprint density at radius 1 is 1.17 bits per heavy atom. The lowest BCUT2D eigenvalue weighted by molar-refractivity contribution is 0.150. The number of nitrogens with one attached hydrogen (secondary N) is 1. The number of hydrogen-bond acceptors (Lipinski definition) is 1. The third-order valence-electron chi connectivity index (χ3n) is 4.25. The second-order valence-electron chi connectivity index (χ2n) is 5.60. The van der Waals surface area contributed by atoms with Crippen LogP contribution >= 0.6 is 23.2 Å². The van der Waals surface area contributed by atoms with Gasteiger partial charge in [-0.05, 0) is 49.1 Å². The van der Waals surface area contributed by atoms with Crippen LogP contribution < -0.4 is 5.32 Å². The van der Waals surface area contributed by atoms with Crippen LogP contribution in [0.25, 0.3) is 0 Å². The van der Waals surface area contributed by atoms with Crippen LogP contribution in [0.15, 0.2) is 18.2 Å². The minimum atomic E-state index is 0.279. The first-order chi connectivity index (χ1) is 8.57. The molecule has 0 aromatic heterocycles. The Morgan fingerprint density at radius 2 is 1.83 bits per heavy atom. The fourth-order valence-corrected chi connectivity index (χ4v) is 3.67. The molecule has 18 heavy (non-hydrogen) atoms. The lowest BCUT2D eigenvalue weighted by atomic mass is 9.68. The van der Waals surface area contributed by atoms with Crippen LogP contribution in [-0.2, 0) is 0 Å². The van der Waals surface area contributed by atoms with E-state index in [-0.39, 0.29) is 11.5 Å². The highest BCUT2D eigenvalue weighted by Crippen LogP contribution is 2.47. The number of hydrogen-bond donors (Lipinski definition) is 1. The summed E-state index contributed by atoms with van der Waals surface area (Å²) in [7, 11) is 2.02. The first-order valence-corrected chi connectivity index (χ1v) is 7.45. The van der Waals surface area contributed by atoms with Crippen LogP contribution in [0.5, 0.6) is 0 Å². The van der Waals surface area contributed by atoms with E-state index in [2.05, 4.69) is 12.2 Å². The largest absolute Gasteiger partial charge is 0.312 e. The summed E-state index contributed by atoms with van der Waals surface area (Å²) in [5.41, 5.74) is 1.41. The molecule has 0 amide bonds. The maximum atomic E-state index is 6.35. The lowest BCUT2D eigenvalue weighted by Gasteiger charge is -2.41. The summed E-state index contributed by atoms with van der Waals surface area (Å²) in [4.78, 5) is 0. The monoisotopic (exact) mass is 285 g/mol. The predicted octanol–water partition coefficient (Wildman–Crippen LogP) is 5.22. The van der Waals surface area contributed by atoms with Crippen LogP contribution in [0.4, 0.5) is 0 Å². The Labute approximate surface area is 120 Å². The highest BCUT2D eigenvalue weighted by atomic mass is 35.5. The molecule has 3 heteroatoms. The summed E-state index contributed by atoms with van der Waals surface area (Å²) >= 11 is 12.5. The topological polar surface area (TPSA) is 12.0 Å².